The van der Waals surface area contributed by atoms with Gasteiger partial charge < -0.3 is 9.84 Å². The van der Waals surface area contributed by atoms with Crippen LogP contribution < -0.4 is 0 Å². The lowest BCUT2D eigenvalue weighted by molar-refractivity contribution is -0.123. The predicted molar refractivity (Wildman–Crippen MR) is 110 cm³/mol. The summed E-state index contributed by atoms with van der Waals surface area (Å²) in [6, 6.07) is 15.3. The number of benzene rings is 2. The Morgan fingerprint density at radius 1 is 1.10 bits per heavy atom. The van der Waals surface area contributed by atoms with Gasteiger partial charge in [-0.3, -0.25) is 9.59 Å². The standard InChI is InChI=1S/C22H23NO6S/c1-15-8-10-18(11-9-15)30(27,28)23-12-19(16(2)25)21(20(26)13-24)22(23)29-14-17-6-4-3-5-7-17/h3-11,19,24H,12-14H2,1-2H3. The van der Waals surface area contributed by atoms with Gasteiger partial charge in [-0.1, -0.05) is 48.0 Å². The molecule has 0 spiro atoms. The van der Waals surface area contributed by atoms with Crippen molar-refractivity contribution in [2.45, 2.75) is 25.3 Å². The van der Waals surface area contributed by atoms with Crippen molar-refractivity contribution in [2.75, 3.05) is 13.2 Å². The third kappa shape index (κ3) is 4.29. The van der Waals surface area contributed by atoms with Crippen LogP contribution in [0.15, 0.2) is 70.9 Å². The molecule has 1 atom stereocenters. The van der Waals surface area contributed by atoms with Crippen LogP contribution >= 0.6 is 0 Å². The quantitative estimate of drug-likeness (QED) is 0.690. The number of hydrogen-bond donors (Lipinski definition) is 1. The van der Waals surface area contributed by atoms with E-state index in [-0.39, 0.29) is 35.3 Å². The first-order chi connectivity index (χ1) is 14.3. The monoisotopic (exact) mass is 429 g/mol. The van der Waals surface area contributed by atoms with E-state index in [9.17, 15) is 23.1 Å². The highest BCUT2D eigenvalue weighted by Gasteiger charge is 2.44. The van der Waals surface area contributed by atoms with E-state index in [1.54, 1.807) is 36.4 Å². The fraction of sp³-hybridized carbons (Fsp3) is 0.273. The van der Waals surface area contributed by atoms with E-state index in [0.717, 1.165) is 15.4 Å². The smallest absolute Gasteiger partial charge is 0.266 e. The van der Waals surface area contributed by atoms with Crippen molar-refractivity contribution in [3.8, 4) is 0 Å². The molecule has 1 aliphatic rings. The van der Waals surface area contributed by atoms with Crippen LogP contribution in [0.2, 0.25) is 0 Å². The molecule has 8 heteroatoms. The summed E-state index contributed by atoms with van der Waals surface area (Å²) in [6.45, 7) is 2.02. The summed E-state index contributed by atoms with van der Waals surface area (Å²) in [5.74, 6) is -2.33. The molecule has 1 N–H and O–H groups in total. The van der Waals surface area contributed by atoms with Gasteiger partial charge in [0, 0.05) is 0 Å². The fourth-order valence-corrected chi connectivity index (χ4v) is 4.72. The minimum absolute atomic E-state index is 0.00290. The van der Waals surface area contributed by atoms with E-state index in [0.29, 0.717) is 0 Å². The summed E-state index contributed by atoms with van der Waals surface area (Å²) < 4.78 is 33.4. The number of nitrogens with zero attached hydrogens (tertiary/aromatic N) is 1. The maximum atomic E-state index is 13.3. The summed E-state index contributed by atoms with van der Waals surface area (Å²) in [4.78, 5) is 24.7. The van der Waals surface area contributed by atoms with Crippen molar-refractivity contribution in [1.82, 2.24) is 4.31 Å². The molecule has 0 radical (unpaired) electrons. The number of carbonyl (C=O) groups excluding carboxylic acids is 2. The number of rotatable bonds is 8. The first-order valence-electron chi connectivity index (χ1n) is 9.40. The van der Waals surface area contributed by atoms with Gasteiger partial charge in [-0.05, 0) is 31.5 Å². The van der Waals surface area contributed by atoms with Crippen molar-refractivity contribution in [2.24, 2.45) is 5.92 Å². The Hall–Kier alpha value is -2.97. The Balaban J connectivity index is 2.07. The lowest BCUT2D eigenvalue weighted by Gasteiger charge is -2.23. The number of aliphatic hydroxyl groups excluding tert-OH is 1. The average molecular weight is 429 g/mol. The normalized spacial score (nSPS) is 16.6. The van der Waals surface area contributed by atoms with Gasteiger partial charge in [0.15, 0.2) is 5.78 Å². The largest absolute Gasteiger partial charge is 0.473 e. The Bertz CT molecular complexity index is 1070. The van der Waals surface area contributed by atoms with Crippen LogP contribution in [0.4, 0.5) is 0 Å². The van der Waals surface area contributed by atoms with Crippen LogP contribution in [0.25, 0.3) is 0 Å². The molecule has 0 saturated carbocycles. The topological polar surface area (TPSA) is 101 Å². The zero-order valence-corrected chi connectivity index (χ0v) is 17.6. The number of aryl methyl sites for hydroxylation is 1. The Morgan fingerprint density at radius 2 is 1.73 bits per heavy atom. The first-order valence-corrected chi connectivity index (χ1v) is 10.8. The van der Waals surface area contributed by atoms with Gasteiger partial charge in [-0.25, -0.2) is 12.7 Å². The number of ketones is 2. The molecule has 3 rings (SSSR count). The molecule has 1 unspecified atom stereocenters. The molecule has 0 bridgehead atoms. The molecule has 0 aliphatic carbocycles. The Kier molecular flexibility index (Phi) is 6.38. The summed E-state index contributed by atoms with van der Waals surface area (Å²) in [5.41, 5.74) is 1.54. The number of sulfonamides is 1. The lowest BCUT2D eigenvalue weighted by atomic mass is 9.95. The van der Waals surface area contributed by atoms with Crippen LogP contribution in [-0.2, 0) is 31.0 Å². The zero-order valence-electron chi connectivity index (χ0n) is 16.7. The zero-order chi connectivity index (χ0) is 21.9. The molecule has 158 valence electrons. The van der Waals surface area contributed by atoms with Crippen molar-refractivity contribution >= 4 is 21.6 Å². The number of hydrogen-bond acceptors (Lipinski definition) is 6. The summed E-state index contributed by atoms with van der Waals surface area (Å²) in [5, 5.41) is 9.42. The van der Waals surface area contributed by atoms with E-state index in [1.807, 2.05) is 13.0 Å². The van der Waals surface area contributed by atoms with Gasteiger partial charge in [-0.15, -0.1) is 0 Å². The SMILES string of the molecule is CC(=O)C1CN(S(=O)(=O)c2ccc(C)cc2)C(OCc2ccccc2)=C1C(=O)CO. The molecule has 2 aromatic rings. The average Bonchev–Trinajstić information content (AvgIpc) is 3.13. The molecule has 0 saturated heterocycles. The molecular weight excluding hydrogens is 406 g/mol. The highest BCUT2D eigenvalue weighted by Crippen LogP contribution is 2.35. The maximum absolute atomic E-state index is 13.3. The molecular formula is C22H23NO6S. The van der Waals surface area contributed by atoms with E-state index in [4.69, 9.17) is 4.74 Å². The van der Waals surface area contributed by atoms with Crippen LogP contribution in [0.1, 0.15) is 18.1 Å². The van der Waals surface area contributed by atoms with Crippen LogP contribution in [0.5, 0.6) is 0 Å². The highest BCUT2D eigenvalue weighted by molar-refractivity contribution is 7.89. The minimum atomic E-state index is -4.09. The number of Topliss-reactive ketones (excluding diaryl/α,β-unsaturated/α-hetero) is 2. The van der Waals surface area contributed by atoms with Crippen molar-refractivity contribution in [3.63, 3.8) is 0 Å². The fourth-order valence-electron chi connectivity index (χ4n) is 3.27. The summed E-state index contributed by atoms with van der Waals surface area (Å²) >= 11 is 0. The number of aliphatic hydroxyl groups is 1. The highest BCUT2D eigenvalue weighted by atomic mass is 32.2. The van der Waals surface area contributed by atoms with E-state index in [2.05, 4.69) is 0 Å². The minimum Gasteiger partial charge on any atom is -0.473 e. The van der Waals surface area contributed by atoms with E-state index in [1.165, 1.54) is 19.1 Å². The third-order valence-corrected chi connectivity index (χ3v) is 6.68. The van der Waals surface area contributed by atoms with Gasteiger partial charge in [0.1, 0.15) is 19.0 Å². The summed E-state index contributed by atoms with van der Waals surface area (Å²) in [6.07, 6.45) is 0. The van der Waals surface area contributed by atoms with Gasteiger partial charge >= 0.3 is 0 Å². The third-order valence-electron chi connectivity index (χ3n) is 4.92. The summed E-state index contributed by atoms with van der Waals surface area (Å²) in [7, 11) is -4.09. The molecule has 0 amide bonds. The lowest BCUT2D eigenvalue weighted by Crippen LogP contribution is -2.31. The molecule has 1 heterocycles. The van der Waals surface area contributed by atoms with Crippen molar-refractivity contribution in [3.05, 3.63) is 77.2 Å². The molecule has 30 heavy (non-hydrogen) atoms. The number of carbonyl (C=O) groups is 2. The number of ether oxygens (including phenoxy) is 1. The van der Waals surface area contributed by atoms with Crippen LogP contribution in [0, 0.1) is 12.8 Å². The first kappa shape index (κ1) is 21.7. The molecule has 7 nitrogen and oxygen atoms in total. The van der Waals surface area contributed by atoms with Crippen LogP contribution in [-0.4, -0.2) is 42.5 Å². The second-order valence-electron chi connectivity index (χ2n) is 7.09. The van der Waals surface area contributed by atoms with E-state index < -0.39 is 28.3 Å². The maximum Gasteiger partial charge on any atom is 0.266 e. The van der Waals surface area contributed by atoms with Gasteiger partial charge in [0.05, 0.1) is 22.9 Å². The molecule has 2 aromatic carbocycles. The second kappa shape index (κ2) is 8.81. The van der Waals surface area contributed by atoms with E-state index >= 15 is 0 Å². The van der Waals surface area contributed by atoms with Gasteiger partial charge in [-0.2, -0.15) is 0 Å². The molecule has 0 aromatic heterocycles. The Morgan fingerprint density at radius 3 is 2.30 bits per heavy atom. The van der Waals surface area contributed by atoms with Crippen LogP contribution in [0.3, 0.4) is 0 Å². The Labute approximate surface area is 175 Å². The predicted octanol–water partition coefficient (Wildman–Crippen LogP) is 2.19. The van der Waals surface area contributed by atoms with Gasteiger partial charge in [0.25, 0.3) is 10.0 Å². The van der Waals surface area contributed by atoms with Crippen molar-refractivity contribution < 1.29 is 27.9 Å². The molecule has 0 fully saturated rings. The van der Waals surface area contributed by atoms with Crippen molar-refractivity contribution in [1.29, 1.82) is 0 Å². The molecule has 1 aliphatic heterocycles. The second-order valence-corrected chi connectivity index (χ2v) is 8.95. The van der Waals surface area contributed by atoms with Gasteiger partial charge in [0.2, 0.25) is 5.88 Å².